The smallest absolute Gasteiger partial charge is 0.251 e. The van der Waals surface area contributed by atoms with Gasteiger partial charge in [0.1, 0.15) is 5.75 Å². The van der Waals surface area contributed by atoms with Crippen molar-refractivity contribution in [2.24, 2.45) is 5.73 Å². The van der Waals surface area contributed by atoms with Crippen LogP contribution in [0.3, 0.4) is 0 Å². The summed E-state index contributed by atoms with van der Waals surface area (Å²) in [4.78, 5) is 12.2. The van der Waals surface area contributed by atoms with E-state index in [2.05, 4.69) is 5.32 Å². The molecule has 4 heteroatoms. The standard InChI is InChI=1S/C17H20N2O2/c1-12(14-8-6-13(11-18)7-9-14)19-17(20)15-4-3-5-16(10-15)21-2/h3-10,12H,11,18H2,1-2H3,(H,19,20). The number of amides is 1. The van der Waals surface area contributed by atoms with E-state index in [4.69, 9.17) is 10.5 Å². The molecule has 1 amide bonds. The monoisotopic (exact) mass is 284 g/mol. The minimum absolute atomic E-state index is 0.0736. The van der Waals surface area contributed by atoms with Crippen LogP contribution in [-0.4, -0.2) is 13.0 Å². The molecule has 0 aliphatic carbocycles. The van der Waals surface area contributed by atoms with Crippen molar-refractivity contribution < 1.29 is 9.53 Å². The Morgan fingerprint density at radius 2 is 1.95 bits per heavy atom. The quantitative estimate of drug-likeness (QED) is 0.887. The molecule has 110 valence electrons. The Hall–Kier alpha value is -2.33. The fraction of sp³-hybridized carbons (Fsp3) is 0.235. The lowest BCUT2D eigenvalue weighted by atomic mass is 10.1. The SMILES string of the molecule is COc1cccc(C(=O)NC(C)c2ccc(CN)cc2)c1. The number of nitrogens with one attached hydrogen (secondary N) is 1. The van der Waals surface area contributed by atoms with E-state index in [-0.39, 0.29) is 11.9 Å². The molecule has 0 aliphatic rings. The van der Waals surface area contributed by atoms with Gasteiger partial charge in [0, 0.05) is 12.1 Å². The van der Waals surface area contributed by atoms with Gasteiger partial charge in [-0.05, 0) is 36.2 Å². The van der Waals surface area contributed by atoms with Gasteiger partial charge < -0.3 is 15.8 Å². The Kier molecular flexibility index (Phi) is 4.95. The highest BCUT2D eigenvalue weighted by Gasteiger charge is 2.12. The lowest BCUT2D eigenvalue weighted by molar-refractivity contribution is 0.0939. The van der Waals surface area contributed by atoms with E-state index in [0.717, 1.165) is 11.1 Å². The Balaban J connectivity index is 2.06. The molecule has 0 radical (unpaired) electrons. The van der Waals surface area contributed by atoms with Crippen molar-refractivity contribution in [2.75, 3.05) is 7.11 Å². The summed E-state index contributed by atoms with van der Waals surface area (Å²) >= 11 is 0. The van der Waals surface area contributed by atoms with Crippen LogP contribution >= 0.6 is 0 Å². The van der Waals surface area contributed by atoms with Crippen molar-refractivity contribution in [3.8, 4) is 5.75 Å². The highest BCUT2D eigenvalue weighted by atomic mass is 16.5. The number of hydrogen-bond donors (Lipinski definition) is 2. The molecule has 2 aromatic rings. The van der Waals surface area contributed by atoms with Crippen molar-refractivity contribution >= 4 is 5.91 Å². The topological polar surface area (TPSA) is 64.3 Å². The minimum atomic E-state index is -0.121. The van der Waals surface area contributed by atoms with E-state index in [1.807, 2.05) is 37.3 Å². The lowest BCUT2D eigenvalue weighted by Crippen LogP contribution is -2.26. The fourth-order valence-corrected chi connectivity index (χ4v) is 2.07. The van der Waals surface area contributed by atoms with Crippen LogP contribution in [-0.2, 0) is 6.54 Å². The summed E-state index contributed by atoms with van der Waals surface area (Å²) in [6.07, 6.45) is 0. The Labute approximate surface area is 124 Å². The first-order valence-electron chi connectivity index (χ1n) is 6.88. The third-order valence-electron chi connectivity index (χ3n) is 3.39. The van der Waals surface area contributed by atoms with Crippen LogP contribution in [0.25, 0.3) is 0 Å². The first-order valence-corrected chi connectivity index (χ1v) is 6.88. The average molecular weight is 284 g/mol. The minimum Gasteiger partial charge on any atom is -0.497 e. The largest absolute Gasteiger partial charge is 0.497 e. The fourth-order valence-electron chi connectivity index (χ4n) is 2.07. The molecule has 3 N–H and O–H groups in total. The molecule has 4 nitrogen and oxygen atoms in total. The molecule has 0 aromatic heterocycles. The van der Waals surface area contributed by atoms with Gasteiger partial charge in [0.2, 0.25) is 0 Å². The predicted molar refractivity (Wildman–Crippen MR) is 83.2 cm³/mol. The van der Waals surface area contributed by atoms with E-state index < -0.39 is 0 Å². The second kappa shape index (κ2) is 6.90. The number of carbonyl (C=O) groups is 1. The third kappa shape index (κ3) is 3.83. The molecule has 2 aromatic carbocycles. The van der Waals surface area contributed by atoms with E-state index in [9.17, 15) is 4.79 Å². The lowest BCUT2D eigenvalue weighted by Gasteiger charge is -2.15. The second-order valence-corrected chi connectivity index (χ2v) is 4.87. The van der Waals surface area contributed by atoms with Crippen molar-refractivity contribution in [2.45, 2.75) is 19.5 Å². The molecular formula is C17H20N2O2. The number of methoxy groups -OCH3 is 1. The third-order valence-corrected chi connectivity index (χ3v) is 3.39. The molecule has 2 rings (SSSR count). The molecule has 0 saturated heterocycles. The van der Waals surface area contributed by atoms with E-state index >= 15 is 0 Å². The first-order chi connectivity index (χ1) is 10.1. The average Bonchev–Trinajstić information content (AvgIpc) is 2.54. The summed E-state index contributed by atoms with van der Waals surface area (Å²) in [5.41, 5.74) is 8.28. The van der Waals surface area contributed by atoms with Gasteiger partial charge in [-0.15, -0.1) is 0 Å². The van der Waals surface area contributed by atoms with Crippen LogP contribution in [0.2, 0.25) is 0 Å². The number of nitrogens with two attached hydrogens (primary N) is 1. The summed E-state index contributed by atoms with van der Waals surface area (Å²) in [5, 5.41) is 2.98. The molecule has 0 spiro atoms. The van der Waals surface area contributed by atoms with Crippen LogP contribution in [0.15, 0.2) is 48.5 Å². The van der Waals surface area contributed by atoms with Gasteiger partial charge in [0.15, 0.2) is 0 Å². The van der Waals surface area contributed by atoms with Gasteiger partial charge in [0.05, 0.1) is 13.2 Å². The van der Waals surface area contributed by atoms with Gasteiger partial charge in [-0.25, -0.2) is 0 Å². The number of ether oxygens (including phenoxy) is 1. The zero-order chi connectivity index (χ0) is 15.2. The predicted octanol–water partition coefficient (Wildman–Crippen LogP) is 2.64. The molecule has 0 bridgehead atoms. The summed E-state index contributed by atoms with van der Waals surface area (Å²) in [5.74, 6) is 0.548. The Morgan fingerprint density at radius 3 is 2.57 bits per heavy atom. The summed E-state index contributed by atoms with van der Waals surface area (Å²) < 4.78 is 5.13. The van der Waals surface area contributed by atoms with E-state index in [1.54, 1.807) is 25.3 Å². The van der Waals surface area contributed by atoms with Crippen LogP contribution in [0.1, 0.15) is 34.5 Å². The Morgan fingerprint density at radius 1 is 1.24 bits per heavy atom. The molecule has 0 aliphatic heterocycles. The Bertz CT molecular complexity index is 608. The molecule has 1 unspecified atom stereocenters. The van der Waals surface area contributed by atoms with Crippen molar-refractivity contribution in [3.63, 3.8) is 0 Å². The van der Waals surface area contributed by atoms with Gasteiger partial charge in [-0.1, -0.05) is 30.3 Å². The molecule has 0 saturated carbocycles. The first kappa shape index (κ1) is 15.1. The number of rotatable bonds is 5. The second-order valence-electron chi connectivity index (χ2n) is 4.87. The van der Waals surface area contributed by atoms with Crippen LogP contribution in [0.5, 0.6) is 5.75 Å². The maximum absolute atomic E-state index is 12.2. The highest BCUT2D eigenvalue weighted by Crippen LogP contribution is 2.16. The van der Waals surface area contributed by atoms with Gasteiger partial charge in [-0.2, -0.15) is 0 Å². The van der Waals surface area contributed by atoms with Gasteiger partial charge >= 0.3 is 0 Å². The summed E-state index contributed by atoms with van der Waals surface area (Å²) in [6, 6.07) is 14.9. The molecule has 21 heavy (non-hydrogen) atoms. The zero-order valence-corrected chi connectivity index (χ0v) is 12.3. The molecule has 1 atom stereocenters. The molecule has 0 heterocycles. The summed E-state index contributed by atoms with van der Waals surface area (Å²) in [6.45, 7) is 2.47. The van der Waals surface area contributed by atoms with E-state index in [1.165, 1.54) is 0 Å². The maximum atomic E-state index is 12.2. The zero-order valence-electron chi connectivity index (χ0n) is 12.3. The summed E-state index contributed by atoms with van der Waals surface area (Å²) in [7, 11) is 1.58. The van der Waals surface area contributed by atoms with Crippen molar-refractivity contribution in [3.05, 3.63) is 65.2 Å². The number of benzene rings is 2. The van der Waals surface area contributed by atoms with E-state index in [0.29, 0.717) is 17.9 Å². The van der Waals surface area contributed by atoms with Gasteiger partial charge in [0.25, 0.3) is 5.91 Å². The van der Waals surface area contributed by atoms with Crippen LogP contribution < -0.4 is 15.8 Å². The number of hydrogen-bond acceptors (Lipinski definition) is 3. The van der Waals surface area contributed by atoms with Gasteiger partial charge in [-0.3, -0.25) is 4.79 Å². The highest BCUT2D eigenvalue weighted by molar-refractivity contribution is 5.94. The number of carbonyl (C=O) groups excluding carboxylic acids is 1. The maximum Gasteiger partial charge on any atom is 0.251 e. The van der Waals surface area contributed by atoms with Crippen molar-refractivity contribution in [1.29, 1.82) is 0 Å². The van der Waals surface area contributed by atoms with Crippen LogP contribution in [0, 0.1) is 0 Å². The van der Waals surface area contributed by atoms with Crippen LogP contribution in [0.4, 0.5) is 0 Å². The molecular weight excluding hydrogens is 264 g/mol. The molecule has 0 fully saturated rings. The normalized spacial score (nSPS) is 11.8. The van der Waals surface area contributed by atoms with Crippen molar-refractivity contribution in [1.82, 2.24) is 5.32 Å².